The molecule has 5 nitrogen and oxygen atoms in total. The van der Waals surface area contributed by atoms with Crippen LogP contribution in [-0.4, -0.2) is 47.2 Å². The van der Waals surface area contributed by atoms with Crippen molar-refractivity contribution in [3.8, 4) is 0 Å². The maximum atomic E-state index is 10.5. The van der Waals surface area contributed by atoms with Gasteiger partial charge in [-0.05, 0) is 26.7 Å². The highest BCUT2D eigenvalue weighted by Crippen LogP contribution is 2.50. The van der Waals surface area contributed by atoms with Gasteiger partial charge in [0.15, 0.2) is 11.6 Å². The summed E-state index contributed by atoms with van der Waals surface area (Å²) in [4.78, 5) is 0. The van der Waals surface area contributed by atoms with Crippen molar-refractivity contribution < 1.29 is 24.1 Å². The molecule has 4 rings (SSSR count). The van der Waals surface area contributed by atoms with E-state index in [-0.39, 0.29) is 12.2 Å². The van der Waals surface area contributed by atoms with Gasteiger partial charge in [-0.3, -0.25) is 0 Å². The zero-order valence-corrected chi connectivity index (χ0v) is 12.3. The highest BCUT2D eigenvalue weighted by Gasteiger charge is 2.60. The van der Waals surface area contributed by atoms with Gasteiger partial charge >= 0.3 is 0 Å². The van der Waals surface area contributed by atoms with Crippen LogP contribution in [0.5, 0.6) is 0 Å². The van der Waals surface area contributed by atoms with Crippen molar-refractivity contribution >= 4 is 0 Å². The Hall–Kier alpha value is -0.200. The average molecular weight is 284 g/mol. The van der Waals surface area contributed by atoms with Gasteiger partial charge in [0, 0.05) is 25.7 Å². The van der Waals surface area contributed by atoms with E-state index >= 15 is 0 Å². The van der Waals surface area contributed by atoms with Crippen LogP contribution in [-0.2, 0) is 18.9 Å². The molecular formula is C15H24O5. The minimum atomic E-state index is -0.572. The van der Waals surface area contributed by atoms with Gasteiger partial charge < -0.3 is 24.1 Å². The fourth-order valence-corrected chi connectivity index (χ4v) is 4.36. The lowest BCUT2D eigenvalue weighted by Crippen LogP contribution is -2.53. The summed E-state index contributed by atoms with van der Waals surface area (Å²) in [6.45, 7) is 4.37. The molecule has 2 aliphatic carbocycles. The van der Waals surface area contributed by atoms with Crippen molar-refractivity contribution in [3.05, 3.63) is 0 Å². The number of ether oxygens (including phenoxy) is 4. The van der Waals surface area contributed by atoms with E-state index in [0.29, 0.717) is 13.0 Å². The molecule has 2 saturated carbocycles. The monoisotopic (exact) mass is 284 g/mol. The van der Waals surface area contributed by atoms with Gasteiger partial charge in [0.1, 0.15) is 11.7 Å². The molecule has 0 radical (unpaired) electrons. The number of aliphatic hydroxyl groups excluding tert-OH is 1. The van der Waals surface area contributed by atoms with Crippen LogP contribution in [0.1, 0.15) is 52.4 Å². The van der Waals surface area contributed by atoms with Gasteiger partial charge in [0.05, 0.1) is 18.8 Å². The molecule has 2 heterocycles. The lowest BCUT2D eigenvalue weighted by atomic mass is 9.80. The summed E-state index contributed by atoms with van der Waals surface area (Å²) in [6, 6.07) is 0. The van der Waals surface area contributed by atoms with E-state index in [9.17, 15) is 5.11 Å². The van der Waals surface area contributed by atoms with Crippen LogP contribution in [0, 0.1) is 0 Å². The first-order chi connectivity index (χ1) is 9.41. The molecule has 5 heteroatoms. The first-order valence-corrected chi connectivity index (χ1v) is 7.79. The molecule has 0 unspecified atom stereocenters. The topological polar surface area (TPSA) is 57.2 Å². The van der Waals surface area contributed by atoms with E-state index < -0.39 is 23.3 Å². The van der Waals surface area contributed by atoms with Crippen molar-refractivity contribution in [3.63, 3.8) is 0 Å². The van der Waals surface area contributed by atoms with Crippen LogP contribution in [0.2, 0.25) is 0 Å². The first-order valence-electron chi connectivity index (χ1n) is 7.79. The minimum absolute atomic E-state index is 0.0747. The van der Waals surface area contributed by atoms with Crippen LogP contribution < -0.4 is 0 Å². The second kappa shape index (κ2) is 4.17. The summed E-state index contributed by atoms with van der Waals surface area (Å²) in [5.74, 6) is -1.01. The Labute approximate surface area is 119 Å². The summed E-state index contributed by atoms with van der Waals surface area (Å²) in [5, 5.41) is 10.5. The Balaban J connectivity index is 1.54. The fourth-order valence-electron chi connectivity index (χ4n) is 4.36. The number of hydrogen-bond acceptors (Lipinski definition) is 5. The standard InChI is InChI=1S/C15H24O5/c1-13(2)17-9-14(20-13)7-10(16)12-11(8-14)18-15(19-12)5-3-4-6-15/h10-12,16H,3-9H2,1-2H3/t10-,11-,12+,14-/m1/s1. The average Bonchev–Trinajstić information content (AvgIpc) is 3.01. The van der Waals surface area contributed by atoms with Gasteiger partial charge in [-0.25, -0.2) is 0 Å². The second-order valence-electron chi connectivity index (χ2n) is 7.31. The van der Waals surface area contributed by atoms with Gasteiger partial charge in [-0.2, -0.15) is 0 Å². The molecule has 0 aromatic heterocycles. The maximum Gasteiger partial charge on any atom is 0.169 e. The van der Waals surface area contributed by atoms with Crippen LogP contribution in [0.3, 0.4) is 0 Å². The maximum absolute atomic E-state index is 10.5. The quantitative estimate of drug-likeness (QED) is 0.734. The molecule has 2 spiro atoms. The summed E-state index contributed by atoms with van der Waals surface area (Å²) in [6.07, 6.45) is 4.69. The predicted molar refractivity (Wildman–Crippen MR) is 70.0 cm³/mol. The Bertz CT molecular complexity index is 403. The SMILES string of the molecule is CC1(C)OC[C@]2(C[C@@H](O)[C@@H]3OC4(CCCC4)O[C@@H]3C2)O1. The fraction of sp³-hybridized carbons (Fsp3) is 1.00. The van der Waals surface area contributed by atoms with Gasteiger partial charge in [-0.15, -0.1) is 0 Å². The van der Waals surface area contributed by atoms with E-state index in [1.807, 2.05) is 13.8 Å². The molecule has 4 aliphatic rings. The van der Waals surface area contributed by atoms with Crippen LogP contribution in [0.25, 0.3) is 0 Å². The molecule has 20 heavy (non-hydrogen) atoms. The molecule has 0 amide bonds. The third kappa shape index (κ3) is 2.03. The van der Waals surface area contributed by atoms with Crippen molar-refractivity contribution in [2.24, 2.45) is 0 Å². The molecule has 114 valence electrons. The number of hydrogen-bond donors (Lipinski definition) is 1. The van der Waals surface area contributed by atoms with Gasteiger partial charge in [0.2, 0.25) is 0 Å². The third-order valence-corrected chi connectivity index (χ3v) is 5.13. The number of rotatable bonds is 0. The van der Waals surface area contributed by atoms with Gasteiger partial charge in [-0.1, -0.05) is 0 Å². The number of fused-ring (bicyclic) bond motifs is 1. The summed E-state index contributed by atoms with van der Waals surface area (Å²) < 4.78 is 24.1. The Kier molecular flexibility index (Phi) is 2.81. The molecule has 2 saturated heterocycles. The van der Waals surface area contributed by atoms with Crippen LogP contribution in [0.15, 0.2) is 0 Å². The lowest BCUT2D eigenvalue weighted by molar-refractivity contribution is -0.188. The normalized spacial score (nSPS) is 49.0. The molecule has 2 aliphatic heterocycles. The van der Waals surface area contributed by atoms with E-state index in [1.54, 1.807) is 0 Å². The van der Waals surface area contributed by atoms with Crippen LogP contribution >= 0.6 is 0 Å². The summed E-state index contributed by atoms with van der Waals surface area (Å²) in [7, 11) is 0. The molecule has 0 aromatic carbocycles. The van der Waals surface area contributed by atoms with Crippen molar-refractivity contribution in [2.75, 3.05) is 6.61 Å². The molecule has 4 atom stereocenters. The molecule has 0 bridgehead atoms. The Morgan fingerprint density at radius 1 is 1.05 bits per heavy atom. The Morgan fingerprint density at radius 3 is 2.45 bits per heavy atom. The Morgan fingerprint density at radius 2 is 1.80 bits per heavy atom. The van der Waals surface area contributed by atoms with Gasteiger partial charge in [0.25, 0.3) is 0 Å². The van der Waals surface area contributed by atoms with Crippen molar-refractivity contribution in [1.29, 1.82) is 0 Å². The van der Waals surface area contributed by atoms with Crippen molar-refractivity contribution in [2.45, 2.75) is 87.9 Å². The zero-order valence-electron chi connectivity index (χ0n) is 12.3. The highest BCUT2D eigenvalue weighted by molar-refractivity contribution is 5.05. The molecular weight excluding hydrogens is 260 g/mol. The lowest BCUT2D eigenvalue weighted by Gasteiger charge is -2.40. The molecule has 1 N–H and O–H groups in total. The van der Waals surface area contributed by atoms with Crippen LogP contribution in [0.4, 0.5) is 0 Å². The molecule has 0 aromatic rings. The highest BCUT2D eigenvalue weighted by atomic mass is 16.8. The largest absolute Gasteiger partial charge is 0.390 e. The summed E-state index contributed by atoms with van der Waals surface area (Å²) >= 11 is 0. The third-order valence-electron chi connectivity index (χ3n) is 5.13. The first kappa shape index (κ1) is 13.5. The zero-order chi connectivity index (χ0) is 14.0. The molecule has 4 fully saturated rings. The van der Waals surface area contributed by atoms with E-state index in [2.05, 4.69) is 0 Å². The summed E-state index contributed by atoms with van der Waals surface area (Å²) in [5.41, 5.74) is -0.419. The van der Waals surface area contributed by atoms with E-state index in [1.165, 1.54) is 0 Å². The predicted octanol–water partition coefficient (Wildman–Crippen LogP) is 1.72. The van der Waals surface area contributed by atoms with Crippen molar-refractivity contribution in [1.82, 2.24) is 0 Å². The van der Waals surface area contributed by atoms with E-state index in [4.69, 9.17) is 18.9 Å². The minimum Gasteiger partial charge on any atom is -0.390 e. The smallest absolute Gasteiger partial charge is 0.169 e. The second-order valence-corrected chi connectivity index (χ2v) is 7.31. The number of aliphatic hydroxyl groups is 1. The van der Waals surface area contributed by atoms with E-state index in [0.717, 1.165) is 32.1 Å².